The minimum absolute atomic E-state index is 0.110. The van der Waals surface area contributed by atoms with Crippen molar-refractivity contribution in [3.63, 3.8) is 0 Å². The lowest BCUT2D eigenvalue weighted by Gasteiger charge is -2.32. The fraction of sp³-hybridized carbons (Fsp3) is 0.462. The first-order valence-electron chi connectivity index (χ1n) is 12.2. The van der Waals surface area contributed by atoms with Crippen molar-refractivity contribution in [2.75, 3.05) is 45.3 Å². The molecule has 0 saturated carbocycles. The Morgan fingerprint density at radius 2 is 1.94 bits per heavy atom. The normalized spacial score (nSPS) is 19.0. The van der Waals surface area contributed by atoms with Crippen LogP contribution in [0.25, 0.3) is 16.9 Å². The van der Waals surface area contributed by atoms with Crippen molar-refractivity contribution in [1.29, 1.82) is 0 Å². The second-order valence-electron chi connectivity index (χ2n) is 9.30. The number of pyridine rings is 1. The lowest BCUT2D eigenvalue weighted by molar-refractivity contribution is -0.0241. The molecule has 2 aliphatic heterocycles. The summed E-state index contributed by atoms with van der Waals surface area (Å²) >= 11 is 0. The number of morpholine rings is 1. The fourth-order valence-corrected chi connectivity index (χ4v) is 4.91. The average Bonchev–Trinajstić information content (AvgIpc) is 3.20. The van der Waals surface area contributed by atoms with Crippen molar-refractivity contribution in [2.24, 2.45) is 0 Å². The quantitative estimate of drug-likeness (QED) is 0.566. The number of amides is 1. The van der Waals surface area contributed by atoms with Crippen LogP contribution in [0.1, 0.15) is 24.1 Å². The van der Waals surface area contributed by atoms with Gasteiger partial charge in [0.05, 0.1) is 43.3 Å². The van der Waals surface area contributed by atoms with Crippen molar-refractivity contribution < 1.29 is 27.8 Å². The van der Waals surface area contributed by atoms with Gasteiger partial charge in [-0.25, -0.2) is 18.6 Å². The van der Waals surface area contributed by atoms with Crippen LogP contribution in [-0.4, -0.2) is 72.5 Å². The molecule has 192 valence electrons. The van der Waals surface area contributed by atoms with Gasteiger partial charge >= 0.3 is 6.09 Å². The van der Waals surface area contributed by atoms with Crippen LogP contribution in [0.4, 0.5) is 19.3 Å². The Kier molecular flexibility index (Phi) is 7.06. The van der Waals surface area contributed by atoms with Crippen molar-refractivity contribution in [2.45, 2.75) is 38.3 Å². The molecule has 4 heterocycles. The van der Waals surface area contributed by atoms with E-state index in [-0.39, 0.29) is 23.4 Å². The molecule has 3 aromatic rings. The number of imidazole rings is 1. The number of aryl methyl sites for hydroxylation is 1. The van der Waals surface area contributed by atoms with Crippen LogP contribution in [0, 0.1) is 18.6 Å². The van der Waals surface area contributed by atoms with E-state index < -0.39 is 17.7 Å². The zero-order valence-electron chi connectivity index (χ0n) is 20.4. The molecule has 0 aliphatic carbocycles. The first-order valence-corrected chi connectivity index (χ1v) is 12.2. The molecule has 1 aromatic carbocycles. The summed E-state index contributed by atoms with van der Waals surface area (Å²) in [5.41, 5.74) is 2.63. The van der Waals surface area contributed by atoms with Crippen LogP contribution in [0.15, 0.2) is 30.5 Å². The average molecular weight is 501 g/mol. The third-order valence-corrected chi connectivity index (χ3v) is 6.74. The first kappa shape index (κ1) is 24.5. The minimum Gasteiger partial charge on any atom is -0.453 e. The smallest absolute Gasteiger partial charge is 0.409 e. The molecule has 1 N–H and O–H groups in total. The molecule has 0 spiro atoms. The predicted octanol–water partition coefficient (Wildman–Crippen LogP) is 4.19. The first-order chi connectivity index (χ1) is 17.4. The molecule has 8 nitrogen and oxygen atoms in total. The van der Waals surface area contributed by atoms with Crippen molar-refractivity contribution in [3.05, 3.63) is 53.4 Å². The molecule has 2 saturated heterocycles. The van der Waals surface area contributed by atoms with Gasteiger partial charge in [0.1, 0.15) is 17.3 Å². The maximum absolute atomic E-state index is 15.5. The number of anilines is 1. The number of nitrogens with zero attached hydrogens (tertiary/aromatic N) is 3. The Hall–Kier alpha value is -3.24. The molecule has 2 fully saturated rings. The SMILES string of the molecule is COC(=O)N1CCO[C@@H](Cc2c(-c3c(F)cc(NC4CCOCC4)cc3F)nc3cc(C)ccn23)C1. The van der Waals surface area contributed by atoms with E-state index >= 15 is 8.78 Å². The monoisotopic (exact) mass is 500 g/mol. The lowest BCUT2D eigenvalue weighted by atomic mass is 10.0. The number of halogens is 2. The van der Waals surface area contributed by atoms with Crippen LogP contribution >= 0.6 is 0 Å². The van der Waals surface area contributed by atoms with Crippen LogP contribution in [0.5, 0.6) is 0 Å². The Morgan fingerprint density at radius 3 is 2.67 bits per heavy atom. The standard InChI is InChI=1S/C26H30F2N4O4/c1-16-3-6-32-22(14-19-15-31(7-10-36-19)26(33)34-2)25(30-23(32)11-16)24-20(27)12-18(13-21(24)28)29-17-4-8-35-9-5-17/h3,6,11-13,17,19,29H,4-5,7-10,14-15H2,1-2H3/t19-/m0/s1. The molecular formula is C26H30F2N4O4. The molecule has 2 aromatic heterocycles. The van der Waals surface area contributed by atoms with Gasteiger partial charge in [-0.1, -0.05) is 0 Å². The zero-order valence-corrected chi connectivity index (χ0v) is 20.4. The molecule has 36 heavy (non-hydrogen) atoms. The Labute approximate surface area is 208 Å². The second-order valence-corrected chi connectivity index (χ2v) is 9.30. The summed E-state index contributed by atoms with van der Waals surface area (Å²) in [4.78, 5) is 18.2. The summed E-state index contributed by atoms with van der Waals surface area (Å²) in [6, 6.07) is 6.54. The number of benzene rings is 1. The fourth-order valence-electron chi connectivity index (χ4n) is 4.91. The number of hydrogen-bond acceptors (Lipinski definition) is 6. The molecule has 5 rings (SSSR count). The van der Waals surface area contributed by atoms with E-state index in [9.17, 15) is 4.79 Å². The maximum Gasteiger partial charge on any atom is 0.409 e. The third-order valence-electron chi connectivity index (χ3n) is 6.74. The van der Waals surface area contributed by atoms with Crippen LogP contribution in [0.2, 0.25) is 0 Å². The molecule has 2 aliphatic rings. The summed E-state index contributed by atoms with van der Waals surface area (Å²) < 4.78 is 48.9. The van der Waals surface area contributed by atoms with E-state index in [2.05, 4.69) is 10.3 Å². The van der Waals surface area contributed by atoms with Crippen molar-refractivity contribution in [1.82, 2.24) is 14.3 Å². The number of aromatic nitrogens is 2. The Bertz CT molecular complexity index is 1240. The Balaban J connectivity index is 1.50. The highest BCUT2D eigenvalue weighted by Crippen LogP contribution is 2.33. The topological polar surface area (TPSA) is 77.3 Å². The zero-order chi connectivity index (χ0) is 25.2. The maximum atomic E-state index is 15.5. The van der Waals surface area contributed by atoms with Crippen LogP contribution in [0.3, 0.4) is 0 Å². The number of carbonyl (C=O) groups is 1. The highest BCUT2D eigenvalue weighted by molar-refractivity contribution is 5.71. The lowest BCUT2D eigenvalue weighted by Crippen LogP contribution is -2.46. The number of carbonyl (C=O) groups excluding carboxylic acids is 1. The van der Waals surface area contributed by atoms with Gasteiger partial charge in [0.15, 0.2) is 0 Å². The molecule has 1 atom stereocenters. The molecule has 1 amide bonds. The number of fused-ring (bicyclic) bond motifs is 1. The highest BCUT2D eigenvalue weighted by Gasteiger charge is 2.29. The van der Waals surface area contributed by atoms with Crippen LogP contribution in [-0.2, 0) is 20.6 Å². The summed E-state index contributed by atoms with van der Waals surface area (Å²) in [5.74, 6) is -1.38. The molecule has 0 unspecified atom stereocenters. The molecule has 0 bridgehead atoms. The molecule has 0 radical (unpaired) electrons. The number of ether oxygens (including phenoxy) is 3. The van der Waals surface area contributed by atoms with Gasteiger partial charge in [0.2, 0.25) is 0 Å². The minimum atomic E-state index is -0.688. The second kappa shape index (κ2) is 10.4. The van der Waals surface area contributed by atoms with Gasteiger partial charge in [0.25, 0.3) is 0 Å². The predicted molar refractivity (Wildman–Crippen MR) is 130 cm³/mol. The van der Waals surface area contributed by atoms with Gasteiger partial charge in [-0.2, -0.15) is 0 Å². The van der Waals surface area contributed by atoms with Crippen LogP contribution < -0.4 is 5.32 Å². The summed E-state index contributed by atoms with van der Waals surface area (Å²) in [7, 11) is 1.34. The largest absolute Gasteiger partial charge is 0.453 e. The van der Waals surface area contributed by atoms with E-state index in [1.165, 1.54) is 19.2 Å². The molecule has 10 heteroatoms. The van der Waals surface area contributed by atoms with E-state index in [0.717, 1.165) is 18.4 Å². The van der Waals surface area contributed by atoms with Crippen molar-refractivity contribution >= 4 is 17.4 Å². The van der Waals surface area contributed by atoms with Gasteiger partial charge in [-0.3, -0.25) is 0 Å². The van der Waals surface area contributed by atoms with Gasteiger partial charge < -0.3 is 28.8 Å². The highest BCUT2D eigenvalue weighted by atomic mass is 19.1. The molecular weight excluding hydrogens is 470 g/mol. The number of nitrogens with one attached hydrogen (secondary N) is 1. The van der Waals surface area contributed by atoms with E-state index in [4.69, 9.17) is 14.2 Å². The van der Waals surface area contributed by atoms with Crippen molar-refractivity contribution in [3.8, 4) is 11.3 Å². The van der Waals surface area contributed by atoms with E-state index in [1.807, 2.05) is 29.7 Å². The number of methoxy groups -OCH3 is 1. The number of hydrogen-bond donors (Lipinski definition) is 1. The Morgan fingerprint density at radius 1 is 1.19 bits per heavy atom. The number of rotatable bonds is 5. The summed E-state index contributed by atoms with van der Waals surface area (Å²) in [5, 5.41) is 3.22. The van der Waals surface area contributed by atoms with Gasteiger partial charge in [-0.05, 0) is 49.6 Å². The van der Waals surface area contributed by atoms with Gasteiger partial charge in [0, 0.05) is 44.1 Å². The van der Waals surface area contributed by atoms with E-state index in [0.29, 0.717) is 56.4 Å². The van der Waals surface area contributed by atoms with E-state index in [1.54, 1.807) is 4.90 Å². The van der Waals surface area contributed by atoms with Gasteiger partial charge in [-0.15, -0.1) is 0 Å². The summed E-state index contributed by atoms with van der Waals surface area (Å²) in [6.07, 6.45) is 2.92. The third kappa shape index (κ3) is 5.01. The summed E-state index contributed by atoms with van der Waals surface area (Å²) in [6.45, 7) is 4.27.